The van der Waals surface area contributed by atoms with Gasteiger partial charge in [-0.25, -0.2) is 4.79 Å². The van der Waals surface area contributed by atoms with Crippen LogP contribution in [0, 0.1) is 6.92 Å². The minimum Gasteiger partial charge on any atom is -0.479 e. The highest BCUT2D eigenvalue weighted by atomic mass is 16.4. The van der Waals surface area contributed by atoms with Gasteiger partial charge in [-0.3, -0.25) is 4.79 Å². The van der Waals surface area contributed by atoms with Gasteiger partial charge in [0.2, 0.25) is 5.91 Å². The summed E-state index contributed by atoms with van der Waals surface area (Å²) in [6, 6.07) is 5.76. The molecule has 0 spiro atoms. The van der Waals surface area contributed by atoms with E-state index in [1.165, 1.54) is 0 Å². The lowest BCUT2D eigenvalue weighted by molar-refractivity contribution is -0.147. The van der Waals surface area contributed by atoms with Gasteiger partial charge in [0.15, 0.2) is 6.10 Å². The van der Waals surface area contributed by atoms with E-state index in [0.29, 0.717) is 0 Å². The monoisotopic (exact) mass is 291 g/mol. The Kier molecular flexibility index (Phi) is 4.59. The molecule has 0 saturated heterocycles. The van der Waals surface area contributed by atoms with Crippen molar-refractivity contribution in [2.75, 3.05) is 6.54 Å². The van der Waals surface area contributed by atoms with Crippen LogP contribution >= 0.6 is 0 Å². The molecular formula is C15H17NO5. The third-order valence-corrected chi connectivity index (χ3v) is 3.19. The van der Waals surface area contributed by atoms with Crippen LogP contribution in [0.4, 0.5) is 0 Å². The van der Waals surface area contributed by atoms with Gasteiger partial charge >= 0.3 is 5.97 Å². The average Bonchev–Trinajstić information content (AvgIpc) is 2.80. The summed E-state index contributed by atoms with van der Waals surface area (Å²) in [4.78, 5) is 22.2. The molecule has 1 aromatic carbocycles. The van der Waals surface area contributed by atoms with Gasteiger partial charge in [-0.05, 0) is 18.6 Å². The number of carboxylic acid groups (broad SMARTS) is 1. The molecule has 1 heterocycles. The number of furan rings is 1. The van der Waals surface area contributed by atoms with E-state index in [1.807, 2.05) is 25.1 Å². The summed E-state index contributed by atoms with van der Waals surface area (Å²) in [5.74, 6) is -1.53. The Balaban J connectivity index is 1.91. The summed E-state index contributed by atoms with van der Waals surface area (Å²) < 4.78 is 5.41. The molecule has 0 aliphatic carbocycles. The van der Waals surface area contributed by atoms with Gasteiger partial charge in [0.1, 0.15) is 5.58 Å². The van der Waals surface area contributed by atoms with Crippen molar-refractivity contribution in [3.05, 3.63) is 35.6 Å². The second-order valence-corrected chi connectivity index (χ2v) is 4.93. The maximum Gasteiger partial charge on any atom is 0.332 e. The lowest BCUT2D eigenvalue weighted by Gasteiger charge is -2.06. The molecule has 2 aromatic rings. The Labute approximate surface area is 121 Å². The van der Waals surface area contributed by atoms with E-state index in [-0.39, 0.29) is 25.3 Å². The highest BCUT2D eigenvalue weighted by Gasteiger charge is 2.14. The molecule has 0 fully saturated rings. The summed E-state index contributed by atoms with van der Waals surface area (Å²) in [7, 11) is 0. The molecule has 112 valence electrons. The number of fused-ring (bicyclic) bond motifs is 1. The van der Waals surface area contributed by atoms with Crippen molar-refractivity contribution >= 4 is 22.8 Å². The van der Waals surface area contributed by atoms with E-state index in [2.05, 4.69) is 5.32 Å². The van der Waals surface area contributed by atoms with Crippen molar-refractivity contribution in [3.63, 3.8) is 0 Å². The maximum absolute atomic E-state index is 11.8. The second-order valence-electron chi connectivity index (χ2n) is 4.93. The number of aliphatic carboxylic acids is 1. The largest absolute Gasteiger partial charge is 0.479 e. The van der Waals surface area contributed by atoms with Crippen molar-refractivity contribution < 1.29 is 24.2 Å². The Hall–Kier alpha value is -2.34. The fourth-order valence-corrected chi connectivity index (χ4v) is 2.03. The first-order chi connectivity index (χ1) is 9.97. The number of carbonyl (C=O) groups is 2. The predicted octanol–water partition coefficient (Wildman–Crippen LogP) is 1.24. The van der Waals surface area contributed by atoms with Gasteiger partial charge in [0.05, 0.1) is 12.7 Å². The van der Waals surface area contributed by atoms with Gasteiger partial charge in [-0.1, -0.05) is 12.1 Å². The normalized spacial score (nSPS) is 12.3. The second kappa shape index (κ2) is 6.41. The van der Waals surface area contributed by atoms with Crippen LogP contribution in [0.25, 0.3) is 11.0 Å². The molecule has 6 nitrogen and oxygen atoms in total. The summed E-state index contributed by atoms with van der Waals surface area (Å²) in [6.45, 7) is 2.07. The number of carboxylic acids is 1. The number of aliphatic hydroxyl groups excluding tert-OH is 1. The SMILES string of the molecule is Cc1ccc2c(CC(=O)NCCC(O)C(=O)O)coc2c1. The molecule has 0 aliphatic rings. The van der Waals surface area contributed by atoms with Crippen LogP contribution < -0.4 is 5.32 Å². The zero-order chi connectivity index (χ0) is 15.4. The van der Waals surface area contributed by atoms with Crippen LogP contribution in [0.3, 0.4) is 0 Å². The fourth-order valence-electron chi connectivity index (χ4n) is 2.03. The van der Waals surface area contributed by atoms with Crippen molar-refractivity contribution in [1.82, 2.24) is 5.32 Å². The zero-order valence-electron chi connectivity index (χ0n) is 11.6. The fraction of sp³-hybridized carbons (Fsp3) is 0.333. The topological polar surface area (TPSA) is 99.8 Å². The van der Waals surface area contributed by atoms with E-state index >= 15 is 0 Å². The standard InChI is InChI=1S/C15H17NO5/c1-9-2-3-11-10(8-21-13(11)6-9)7-14(18)16-5-4-12(17)15(19)20/h2-3,6,8,12,17H,4-5,7H2,1H3,(H,16,18)(H,19,20). The lowest BCUT2D eigenvalue weighted by Crippen LogP contribution is -2.30. The van der Waals surface area contributed by atoms with Gasteiger partial charge in [0, 0.05) is 23.9 Å². The lowest BCUT2D eigenvalue weighted by atomic mass is 10.1. The Morgan fingerprint density at radius 3 is 2.86 bits per heavy atom. The number of carbonyl (C=O) groups excluding carboxylic acids is 1. The van der Waals surface area contributed by atoms with Crippen molar-refractivity contribution in [2.45, 2.75) is 25.9 Å². The molecule has 0 saturated carbocycles. The number of benzene rings is 1. The van der Waals surface area contributed by atoms with Crippen molar-refractivity contribution in [1.29, 1.82) is 0 Å². The van der Waals surface area contributed by atoms with E-state index in [4.69, 9.17) is 14.6 Å². The summed E-state index contributed by atoms with van der Waals surface area (Å²) >= 11 is 0. The Morgan fingerprint density at radius 1 is 1.38 bits per heavy atom. The molecule has 0 aliphatic heterocycles. The predicted molar refractivity (Wildman–Crippen MR) is 75.9 cm³/mol. The summed E-state index contributed by atoms with van der Waals surface area (Å²) in [5, 5.41) is 21.1. The molecule has 0 bridgehead atoms. The van der Waals surface area contributed by atoms with Crippen LogP contribution in [0.1, 0.15) is 17.5 Å². The highest BCUT2D eigenvalue weighted by Crippen LogP contribution is 2.22. The molecule has 1 amide bonds. The Bertz CT molecular complexity index is 661. The number of rotatable bonds is 6. The molecule has 6 heteroatoms. The van der Waals surface area contributed by atoms with Gasteiger partial charge < -0.3 is 19.9 Å². The first-order valence-electron chi connectivity index (χ1n) is 6.61. The maximum atomic E-state index is 11.8. The number of hydrogen-bond donors (Lipinski definition) is 3. The minimum absolute atomic E-state index is 0.0214. The molecule has 1 aromatic heterocycles. The third kappa shape index (κ3) is 3.82. The first kappa shape index (κ1) is 15.1. The number of aryl methyl sites for hydroxylation is 1. The highest BCUT2D eigenvalue weighted by molar-refractivity contribution is 5.87. The smallest absolute Gasteiger partial charge is 0.332 e. The van der Waals surface area contributed by atoms with Gasteiger partial charge in [-0.15, -0.1) is 0 Å². The molecule has 1 atom stereocenters. The Morgan fingerprint density at radius 2 is 2.14 bits per heavy atom. The van der Waals surface area contributed by atoms with E-state index in [1.54, 1.807) is 6.26 Å². The van der Waals surface area contributed by atoms with Crippen LogP contribution in [0.2, 0.25) is 0 Å². The molecule has 1 unspecified atom stereocenters. The van der Waals surface area contributed by atoms with Gasteiger partial charge in [0.25, 0.3) is 0 Å². The van der Waals surface area contributed by atoms with Crippen molar-refractivity contribution in [2.24, 2.45) is 0 Å². The number of aliphatic hydroxyl groups is 1. The molecule has 2 rings (SSSR count). The number of nitrogens with one attached hydrogen (secondary N) is 1. The van der Waals surface area contributed by atoms with Crippen LogP contribution in [-0.4, -0.2) is 34.7 Å². The van der Waals surface area contributed by atoms with E-state index in [9.17, 15) is 9.59 Å². The molecule has 3 N–H and O–H groups in total. The minimum atomic E-state index is -1.46. The first-order valence-corrected chi connectivity index (χ1v) is 6.61. The zero-order valence-corrected chi connectivity index (χ0v) is 11.6. The molecule has 0 radical (unpaired) electrons. The van der Waals surface area contributed by atoms with Crippen LogP contribution in [0.5, 0.6) is 0 Å². The molecular weight excluding hydrogens is 274 g/mol. The summed E-state index contributed by atoms with van der Waals surface area (Å²) in [6.07, 6.45) is 0.226. The van der Waals surface area contributed by atoms with Gasteiger partial charge in [-0.2, -0.15) is 0 Å². The van der Waals surface area contributed by atoms with Crippen molar-refractivity contribution in [3.8, 4) is 0 Å². The van der Waals surface area contributed by atoms with E-state index < -0.39 is 12.1 Å². The van der Waals surface area contributed by atoms with Crippen LogP contribution in [-0.2, 0) is 16.0 Å². The number of hydrogen-bond acceptors (Lipinski definition) is 4. The average molecular weight is 291 g/mol. The number of amides is 1. The molecule has 21 heavy (non-hydrogen) atoms. The van der Waals surface area contributed by atoms with E-state index in [0.717, 1.165) is 22.1 Å². The third-order valence-electron chi connectivity index (χ3n) is 3.19. The quantitative estimate of drug-likeness (QED) is 0.743. The summed E-state index contributed by atoms with van der Waals surface area (Å²) in [5.41, 5.74) is 2.59. The van der Waals surface area contributed by atoms with Crippen LogP contribution in [0.15, 0.2) is 28.9 Å².